The number of benzene rings is 2. The van der Waals surface area contributed by atoms with Crippen LogP contribution in [-0.2, 0) is 16.4 Å². The number of sulfonamides is 1. The minimum atomic E-state index is -3.33. The van der Waals surface area contributed by atoms with Crippen LogP contribution in [0.2, 0.25) is 0 Å². The van der Waals surface area contributed by atoms with E-state index >= 15 is 0 Å². The van der Waals surface area contributed by atoms with Crippen molar-refractivity contribution >= 4 is 26.6 Å². The van der Waals surface area contributed by atoms with Crippen LogP contribution in [0.25, 0.3) is 10.9 Å². The molecule has 30 heavy (non-hydrogen) atoms. The summed E-state index contributed by atoms with van der Waals surface area (Å²) in [7, 11) is -3.33. The molecule has 0 aliphatic carbocycles. The Morgan fingerprint density at radius 2 is 2.00 bits per heavy atom. The van der Waals surface area contributed by atoms with Crippen LogP contribution >= 0.6 is 0 Å². The molecule has 1 aliphatic heterocycles. The normalized spacial score (nSPS) is 16.0. The van der Waals surface area contributed by atoms with Gasteiger partial charge in [-0.25, -0.2) is 8.42 Å². The van der Waals surface area contributed by atoms with Crippen LogP contribution in [0.15, 0.2) is 48.7 Å². The number of para-hydroxylation sites is 1. The van der Waals surface area contributed by atoms with E-state index in [-0.39, 0.29) is 6.10 Å². The Morgan fingerprint density at radius 3 is 2.87 bits per heavy atom. The molecule has 2 heterocycles. The highest BCUT2D eigenvalue weighted by Gasteiger charge is 2.21. The third kappa shape index (κ3) is 5.25. The number of ether oxygens (including phenoxy) is 2. The van der Waals surface area contributed by atoms with Crippen LogP contribution < -0.4 is 19.5 Å². The van der Waals surface area contributed by atoms with Gasteiger partial charge in [-0.15, -0.1) is 0 Å². The highest BCUT2D eigenvalue weighted by atomic mass is 32.2. The number of hydrogen-bond donors (Lipinski definition) is 3. The van der Waals surface area contributed by atoms with Gasteiger partial charge in [0.15, 0.2) is 11.5 Å². The Labute approximate surface area is 176 Å². The van der Waals surface area contributed by atoms with E-state index in [0.717, 1.165) is 32.1 Å². The van der Waals surface area contributed by atoms with Gasteiger partial charge in [0, 0.05) is 29.7 Å². The summed E-state index contributed by atoms with van der Waals surface area (Å²) < 4.78 is 37.0. The molecule has 0 saturated carbocycles. The maximum atomic E-state index is 11.4. The van der Waals surface area contributed by atoms with E-state index in [2.05, 4.69) is 39.4 Å². The second-order valence-electron chi connectivity index (χ2n) is 7.61. The zero-order valence-corrected chi connectivity index (χ0v) is 17.8. The first-order valence-electron chi connectivity index (χ1n) is 10.1. The van der Waals surface area contributed by atoms with Crippen molar-refractivity contribution in [1.29, 1.82) is 0 Å². The van der Waals surface area contributed by atoms with Crippen molar-refractivity contribution in [3.8, 4) is 11.5 Å². The first kappa shape index (κ1) is 20.6. The second-order valence-corrected chi connectivity index (χ2v) is 9.36. The summed E-state index contributed by atoms with van der Waals surface area (Å²) >= 11 is 0. The van der Waals surface area contributed by atoms with Crippen molar-refractivity contribution < 1.29 is 17.9 Å². The van der Waals surface area contributed by atoms with Crippen molar-refractivity contribution in [3.05, 3.63) is 54.2 Å². The van der Waals surface area contributed by atoms with Gasteiger partial charge >= 0.3 is 0 Å². The molecule has 0 radical (unpaired) electrons. The molecule has 0 bridgehead atoms. The molecule has 8 heteroatoms. The van der Waals surface area contributed by atoms with Gasteiger partial charge in [-0.2, -0.15) is 0 Å². The number of aryl methyl sites for hydroxylation is 1. The number of anilines is 1. The predicted octanol–water partition coefficient (Wildman–Crippen LogP) is 3.29. The molecular formula is C22H27N3O4S. The summed E-state index contributed by atoms with van der Waals surface area (Å²) in [6, 6.07) is 13.4. The number of unbranched alkanes of at least 4 members (excludes halogenated alkanes) is 1. The average Bonchev–Trinajstić information content (AvgIpc) is 3.12. The molecule has 0 spiro atoms. The molecular weight excluding hydrogens is 402 g/mol. The molecule has 7 nitrogen and oxygen atoms in total. The molecule has 3 aromatic rings. The number of aromatic nitrogens is 1. The molecule has 0 amide bonds. The molecule has 1 aromatic heterocycles. The Balaban J connectivity index is 1.20. The topological polar surface area (TPSA) is 92.5 Å². The van der Waals surface area contributed by atoms with Crippen LogP contribution in [0.3, 0.4) is 0 Å². The summed E-state index contributed by atoms with van der Waals surface area (Å²) in [5, 5.41) is 4.74. The van der Waals surface area contributed by atoms with Gasteiger partial charge in [0.25, 0.3) is 0 Å². The lowest BCUT2D eigenvalue weighted by molar-refractivity contribution is 0.0906. The monoisotopic (exact) mass is 429 g/mol. The Bertz CT molecular complexity index is 1110. The SMILES string of the molecule is CS(=O)(=O)Nc1ccc2c(c1)OC(CNCCCCc1c[nH]c3ccccc13)CO2. The van der Waals surface area contributed by atoms with Crippen LogP contribution in [0.5, 0.6) is 11.5 Å². The summed E-state index contributed by atoms with van der Waals surface area (Å²) in [4.78, 5) is 3.32. The van der Waals surface area contributed by atoms with Crippen LogP contribution in [-0.4, -0.2) is 45.5 Å². The Morgan fingerprint density at radius 1 is 1.13 bits per heavy atom. The smallest absolute Gasteiger partial charge is 0.229 e. The summed E-state index contributed by atoms with van der Waals surface area (Å²) in [6.45, 7) is 2.05. The third-order valence-electron chi connectivity index (χ3n) is 5.06. The van der Waals surface area contributed by atoms with E-state index < -0.39 is 10.0 Å². The van der Waals surface area contributed by atoms with Crippen molar-refractivity contribution in [2.45, 2.75) is 25.4 Å². The van der Waals surface area contributed by atoms with Crippen LogP contribution in [0.4, 0.5) is 5.69 Å². The van der Waals surface area contributed by atoms with E-state index in [9.17, 15) is 8.42 Å². The van der Waals surface area contributed by atoms with E-state index in [1.165, 1.54) is 16.5 Å². The van der Waals surface area contributed by atoms with Crippen molar-refractivity contribution in [1.82, 2.24) is 10.3 Å². The molecule has 3 N–H and O–H groups in total. The lowest BCUT2D eigenvalue weighted by Crippen LogP contribution is -2.38. The fraction of sp³-hybridized carbons (Fsp3) is 0.364. The van der Waals surface area contributed by atoms with Gasteiger partial charge in [0.2, 0.25) is 10.0 Å². The standard InChI is InChI=1S/C22H27N3O4S/c1-30(26,27)25-17-9-10-21-22(12-17)29-18(15-28-21)14-23-11-5-4-6-16-13-24-20-8-3-2-7-19(16)20/h2-3,7-10,12-13,18,23-25H,4-6,11,14-15H2,1H3. The van der Waals surface area contributed by atoms with Gasteiger partial charge in [-0.05, 0) is 49.6 Å². The molecule has 160 valence electrons. The highest BCUT2D eigenvalue weighted by molar-refractivity contribution is 7.92. The molecule has 0 saturated heterocycles. The number of nitrogens with one attached hydrogen (secondary N) is 3. The van der Waals surface area contributed by atoms with Crippen molar-refractivity contribution in [3.63, 3.8) is 0 Å². The minimum absolute atomic E-state index is 0.111. The fourth-order valence-corrected chi connectivity index (χ4v) is 4.22. The average molecular weight is 430 g/mol. The molecule has 1 unspecified atom stereocenters. The quantitative estimate of drug-likeness (QED) is 0.454. The number of fused-ring (bicyclic) bond motifs is 2. The lowest BCUT2D eigenvalue weighted by Gasteiger charge is -2.27. The predicted molar refractivity (Wildman–Crippen MR) is 119 cm³/mol. The molecule has 1 aliphatic rings. The molecule has 0 fully saturated rings. The summed E-state index contributed by atoms with van der Waals surface area (Å²) in [5.41, 5.74) is 3.02. The van der Waals surface area contributed by atoms with E-state index in [4.69, 9.17) is 9.47 Å². The van der Waals surface area contributed by atoms with Crippen molar-refractivity contribution in [2.75, 3.05) is 30.7 Å². The zero-order valence-electron chi connectivity index (χ0n) is 17.0. The van der Waals surface area contributed by atoms with E-state index in [1.54, 1.807) is 18.2 Å². The molecule has 1 atom stereocenters. The summed E-state index contributed by atoms with van der Waals surface area (Å²) in [5.74, 6) is 1.19. The first-order valence-corrected chi connectivity index (χ1v) is 12.0. The lowest BCUT2D eigenvalue weighted by atomic mass is 10.1. The number of hydrogen-bond acceptors (Lipinski definition) is 5. The Hall–Kier alpha value is -2.71. The fourth-order valence-electron chi connectivity index (χ4n) is 3.66. The maximum absolute atomic E-state index is 11.4. The van der Waals surface area contributed by atoms with Gasteiger partial charge < -0.3 is 19.8 Å². The highest BCUT2D eigenvalue weighted by Crippen LogP contribution is 2.34. The second kappa shape index (κ2) is 8.97. The van der Waals surface area contributed by atoms with Gasteiger partial charge in [0.1, 0.15) is 12.7 Å². The van der Waals surface area contributed by atoms with Gasteiger partial charge in [0.05, 0.1) is 11.9 Å². The molecule has 2 aromatic carbocycles. The largest absolute Gasteiger partial charge is 0.486 e. The van der Waals surface area contributed by atoms with Crippen molar-refractivity contribution in [2.24, 2.45) is 0 Å². The zero-order chi connectivity index (χ0) is 21.0. The first-order chi connectivity index (χ1) is 14.5. The molecule has 4 rings (SSSR count). The number of H-pyrrole nitrogens is 1. The van der Waals surface area contributed by atoms with E-state index in [1.807, 2.05) is 6.07 Å². The number of aromatic amines is 1. The van der Waals surface area contributed by atoms with Crippen LogP contribution in [0, 0.1) is 0 Å². The minimum Gasteiger partial charge on any atom is -0.486 e. The summed E-state index contributed by atoms with van der Waals surface area (Å²) in [6.07, 6.45) is 6.36. The third-order valence-corrected chi connectivity index (χ3v) is 5.67. The Kier molecular flexibility index (Phi) is 6.15. The maximum Gasteiger partial charge on any atom is 0.229 e. The van der Waals surface area contributed by atoms with Gasteiger partial charge in [-0.1, -0.05) is 18.2 Å². The van der Waals surface area contributed by atoms with E-state index in [0.29, 0.717) is 30.3 Å². The van der Waals surface area contributed by atoms with Crippen LogP contribution in [0.1, 0.15) is 18.4 Å². The van der Waals surface area contributed by atoms with Gasteiger partial charge in [-0.3, -0.25) is 4.72 Å². The number of rotatable bonds is 9.